The largest absolute Gasteiger partial charge is 0.271 e. The highest BCUT2D eigenvalue weighted by Crippen LogP contribution is 2.34. The lowest BCUT2D eigenvalue weighted by Gasteiger charge is -2.27. The number of rotatable bonds is 4. The zero-order valence-corrected chi connectivity index (χ0v) is 12.0. The Labute approximate surface area is 116 Å². The number of hydrazine groups is 1. The predicted octanol–water partition coefficient (Wildman–Crippen LogP) is 4.06. The first-order valence-electron chi connectivity index (χ1n) is 6.62. The van der Waals surface area contributed by atoms with Crippen molar-refractivity contribution in [2.75, 3.05) is 0 Å². The molecule has 0 aliphatic heterocycles. The van der Waals surface area contributed by atoms with Crippen LogP contribution in [0, 0.1) is 11.7 Å². The highest BCUT2D eigenvalue weighted by molar-refractivity contribution is 9.10. The molecule has 2 rings (SSSR count). The number of nitrogens with two attached hydrogens (primary N) is 1. The Morgan fingerprint density at radius 3 is 2.72 bits per heavy atom. The summed E-state index contributed by atoms with van der Waals surface area (Å²) in [4.78, 5) is 0. The van der Waals surface area contributed by atoms with Gasteiger partial charge in [-0.2, -0.15) is 0 Å². The van der Waals surface area contributed by atoms with Gasteiger partial charge in [0.05, 0.1) is 0 Å². The average molecular weight is 315 g/mol. The highest BCUT2D eigenvalue weighted by Gasteiger charge is 2.21. The van der Waals surface area contributed by atoms with Crippen molar-refractivity contribution in [2.45, 2.75) is 44.6 Å². The first-order valence-corrected chi connectivity index (χ1v) is 7.41. The van der Waals surface area contributed by atoms with Crippen LogP contribution in [0.15, 0.2) is 22.7 Å². The number of nitrogens with one attached hydrogen (secondary N) is 1. The van der Waals surface area contributed by atoms with Crippen molar-refractivity contribution < 1.29 is 4.39 Å². The van der Waals surface area contributed by atoms with Crippen molar-refractivity contribution in [1.29, 1.82) is 0 Å². The molecule has 1 aliphatic carbocycles. The van der Waals surface area contributed by atoms with Gasteiger partial charge in [0.25, 0.3) is 0 Å². The Kier molecular flexibility index (Phi) is 5.15. The molecule has 0 bridgehead atoms. The van der Waals surface area contributed by atoms with E-state index in [-0.39, 0.29) is 11.9 Å². The van der Waals surface area contributed by atoms with Gasteiger partial charge >= 0.3 is 0 Å². The van der Waals surface area contributed by atoms with E-state index in [9.17, 15) is 4.39 Å². The van der Waals surface area contributed by atoms with Gasteiger partial charge in [-0.3, -0.25) is 11.3 Å². The molecule has 1 atom stereocenters. The maximum atomic E-state index is 13.3. The summed E-state index contributed by atoms with van der Waals surface area (Å²) in [5.74, 6) is 6.14. The molecule has 0 heterocycles. The summed E-state index contributed by atoms with van der Waals surface area (Å²) in [5.41, 5.74) is 3.76. The van der Waals surface area contributed by atoms with Crippen LogP contribution in [-0.2, 0) is 0 Å². The van der Waals surface area contributed by atoms with Crippen LogP contribution in [-0.4, -0.2) is 0 Å². The Hall–Kier alpha value is -0.450. The van der Waals surface area contributed by atoms with Gasteiger partial charge in [0.1, 0.15) is 5.82 Å². The second-order valence-corrected chi connectivity index (χ2v) is 5.98. The fourth-order valence-electron chi connectivity index (χ4n) is 2.82. The van der Waals surface area contributed by atoms with Crippen LogP contribution >= 0.6 is 15.9 Å². The monoisotopic (exact) mass is 314 g/mol. The van der Waals surface area contributed by atoms with Gasteiger partial charge in [-0.1, -0.05) is 48.0 Å². The van der Waals surface area contributed by atoms with Crippen molar-refractivity contribution >= 4 is 15.9 Å². The SMILES string of the molecule is NNC(CC1CCCCC1)c1cc(F)ccc1Br. The lowest BCUT2D eigenvalue weighted by Crippen LogP contribution is -2.30. The fraction of sp³-hybridized carbons (Fsp3) is 0.571. The second kappa shape index (κ2) is 6.64. The van der Waals surface area contributed by atoms with E-state index in [1.165, 1.54) is 38.2 Å². The Morgan fingerprint density at radius 1 is 1.33 bits per heavy atom. The molecule has 0 aromatic heterocycles. The third kappa shape index (κ3) is 3.53. The second-order valence-electron chi connectivity index (χ2n) is 5.12. The van der Waals surface area contributed by atoms with Crippen molar-refractivity contribution in [3.63, 3.8) is 0 Å². The minimum Gasteiger partial charge on any atom is -0.271 e. The van der Waals surface area contributed by atoms with E-state index in [0.717, 1.165) is 16.5 Å². The molecular formula is C14H20BrFN2. The standard InChI is InChI=1S/C14H20BrFN2/c15-13-7-6-11(16)9-12(13)14(18-17)8-10-4-2-1-3-5-10/h6-7,9-10,14,18H,1-5,8,17H2. The van der Waals surface area contributed by atoms with Crippen molar-refractivity contribution in [3.8, 4) is 0 Å². The van der Waals surface area contributed by atoms with Gasteiger partial charge in [-0.05, 0) is 36.1 Å². The Morgan fingerprint density at radius 2 is 2.06 bits per heavy atom. The van der Waals surface area contributed by atoms with Gasteiger partial charge in [-0.25, -0.2) is 4.39 Å². The van der Waals surface area contributed by atoms with Gasteiger partial charge in [0.15, 0.2) is 0 Å². The van der Waals surface area contributed by atoms with Gasteiger partial charge in [0.2, 0.25) is 0 Å². The van der Waals surface area contributed by atoms with Crippen molar-refractivity contribution in [2.24, 2.45) is 11.8 Å². The molecule has 18 heavy (non-hydrogen) atoms. The molecular weight excluding hydrogens is 295 g/mol. The molecule has 1 aromatic carbocycles. The maximum absolute atomic E-state index is 13.3. The molecule has 1 aliphatic rings. The van der Waals surface area contributed by atoms with Gasteiger partial charge in [-0.15, -0.1) is 0 Å². The van der Waals surface area contributed by atoms with Crippen LogP contribution in [0.3, 0.4) is 0 Å². The minimum absolute atomic E-state index is 0.0261. The summed E-state index contributed by atoms with van der Waals surface area (Å²) in [5, 5.41) is 0. The summed E-state index contributed by atoms with van der Waals surface area (Å²) in [6, 6.07) is 4.80. The van der Waals surface area contributed by atoms with Crippen molar-refractivity contribution in [3.05, 3.63) is 34.1 Å². The van der Waals surface area contributed by atoms with Crippen LogP contribution in [0.5, 0.6) is 0 Å². The number of hydrogen-bond donors (Lipinski definition) is 2. The molecule has 3 N–H and O–H groups in total. The molecule has 0 radical (unpaired) electrons. The molecule has 2 nitrogen and oxygen atoms in total. The lowest BCUT2D eigenvalue weighted by molar-refractivity contribution is 0.300. The fourth-order valence-corrected chi connectivity index (χ4v) is 3.35. The molecule has 1 fully saturated rings. The van der Waals surface area contributed by atoms with E-state index >= 15 is 0 Å². The molecule has 4 heteroatoms. The summed E-state index contributed by atoms with van der Waals surface area (Å²) in [6.07, 6.45) is 7.49. The lowest BCUT2D eigenvalue weighted by atomic mass is 9.83. The van der Waals surface area contributed by atoms with Crippen LogP contribution in [0.25, 0.3) is 0 Å². The first kappa shape index (κ1) is 14.0. The van der Waals surface area contributed by atoms with Crippen LogP contribution in [0.1, 0.15) is 50.1 Å². The quantitative estimate of drug-likeness (QED) is 0.649. The zero-order valence-electron chi connectivity index (χ0n) is 10.5. The number of benzene rings is 1. The third-order valence-corrected chi connectivity index (χ3v) is 4.55. The van der Waals surface area contributed by atoms with Gasteiger partial charge < -0.3 is 0 Å². The maximum Gasteiger partial charge on any atom is 0.123 e. The van der Waals surface area contributed by atoms with Gasteiger partial charge in [0, 0.05) is 10.5 Å². The van der Waals surface area contributed by atoms with E-state index in [2.05, 4.69) is 21.4 Å². The number of hydrogen-bond acceptors (Lipinski definition) is 2. The smallest absolute Gasteiger partial charge is 0.123 e. The Bertz CT molecular complexity index is 391. The van der Waals surface area contributed by atoms with Crippen LogP contribution in [0.4, 0.5) is 4.39 Å². The molecule has 1 aromatic rings. The van der Waals surface area contributed by atoms with E-state index in [1.807, 2.05) is 0 Å². The summed E-state index contributed by atoms with van der Waals surface area (Å²) < 4.78 is 14.3. The van der Waals surface area contributed by atoms with E-state index in [0.29, 0.717) is 5.92 Å². The normalized spacial score (nSPS) is 18.8. The van der Waals surface area contributed by atoms with Crippen molar-refractivity contribution in [1.82, 2.24) is 5.43 Å². The highest BCUT2D eigenvalue weighted by atomic mass is 79.9. The summed E-state index contributed by atoms with van der Waals surface area (Å²) in [7, 11) is 0. The third-order valence-electron chi connectivity index (χ3n) is 3.83. The van der Waals surface area contributed by atoms with E-state index < -0.39 is 0 Å². The van der Waals surface area contributed by atoms with Crippen LogP contribution < -0.4 is 11.3 Å². The average Bonchev–Trinajstić information content (AvgIpc) is 2.40. The first-order chi connectivity index (χ1) is 8.70. The zero-order chi connectivity index (χ0) is 13.0. The molecule has 0 amide bonds. The summed E-state index contributed by atoms with van der Waals surface area (Å²) in [6.45, 7) is 0. The predicted molar refractivity (Wildman–Crippen MR) is 75.4 cm³/mol. The Balaban J connectivity index is 2.09. The summed E-state index contributed by atoms with van der Waals surface area (Å²) >= 11 is 3.47. The molecule has 1 unspecified atom stereocenters. The number of halogens is 2. The molecule has 0 saturated heterocycles. The molecule has 0 spiro atoms. The molecule has 100 valence electrons. The van der Waals surface area contributed by atoms with E-state index in [4.69, 9.17) is 5.84 Å². The minimum atomic E-state index is -0.211. The molecule has 1 saturated carbocycles. The van der Waals surface area contributed by atoms with Crippen LogP contribution in [0.2, 0.25) is 0 Å². The topological polar surface area (TPSA) is 38.0 Å². The van der Waals surface area contributed by atoms with E-state index in [1.54, 1.807) is 12.1 Å².